The molecule has 150 valence electrons. The number of ether oxygens (including phenoxy) is 1. The van der Waals surface area contributed by atoms with Crippen molar-refractivity contribution < 1.29 is 4.74 Å². The Bertz CT molecular complexity index is 796. The van der Waals surface area contributed by atoms with Gasteiger partial charge in [0.15, 0.2) is 5.96 Å². The molecule has 6 heteroatoms. The van der Waals surface area contributed by atoms with Gasteiger partial charge in [0.25, 0.3) is 0 Å². The lowest BCUT2D eigenvalue weighted by molar-refractivity contribution is 0.414. The molecule has 0 saturated carbocycles. The summed E-state index contributed by atoms with van der Waals surface area (Å²) in [6.07, 6.45) is 1.15. The fourth-order valence-electron chi connectivity index (χ4n) is 3.50. The molecule has 1 aliphatic heterocycles. The molecule has 1 aliphatic rings. The number of methoxy groups -OCH3 is 1. The van der Waals surface area contributed by atoms with Crippen LogP contribution in [0.2, 0.25) is 5.02 Å². The van der Waals surface area contributed by atoms with Crippen molar-refractivity contribution in [2.75, 3.05) is 38.2 Å². The number of aliphatic imine (C=N–C) groups is 1. The highest BCUT2D eigenvalue weighted by molar-refractivity contribution is 6.30. The van der Waals surface area contributed by atoms with Gasteiger partial charge in [0.2, 0.25) is 0 Å². The predicted molar refractivity (Wildman–Crippen MR) is 118 cm³/mol. The van der Waals surface area contributed by atoms with Crippen LogP contribution in [0.15, 0.2) is 53.5 Å². The molecule has 0 aromatic heterocycles. The second-order valence-corrected chi connectivity index (χ2v) is 7.41. The van der Waals surface area contributed by atoms with E-state index in [2.05, 4.69) is 34.6 Å². The van der Waals surface area contributed by atoms with E-state index in [0.29, 0.717) is 12.5 Å². The summed E-state index contributed by atoms with van der Waals surface area (Å²) in [5.74, 6) is 2.35. The number of rotatable bonds is 7. The van der Waals surface area contributed by atoms with E-state index in [1.165, 1.54) is 5.69 Å². The van der Waals surface area contributed by atoms with E-state index in [1.54, 1.807) is 7.11 Å². The molecule has 28 heavy (non-hydrogen) atoms. The maximum atomic E-state index is 6.06. The Kier molecular flexibility index (Phi) is 7.43. The number of nitrogens with one attached hydrogen (secondary N) is 2. The molecule has 2 N–H and O–H groups in total. The number of hydrogen-bond acceptors (Lipinski definition) is 3. The zero-order valence-corrected chi connectivity index (χ0v) is 17.4. The van der Waals surface area contributed by atoms with Gasteiger partial charge in [-0.2, -0.15) is 0 Å². The number of nitrogens with zero attached hydrogens (tertiary/aromatic N) is 2. The van der Waals surface area contributed by atoms with E-state index in [1.807, 2.05) is 36.4 Å². The van der Waals surface area contributed by atoms with Crippen LogP contribution in [0.25, 0.3) is 0 Å². The highest BCUT2D eigenvalue weighted by Gasteiger charge is 2.24. The molecule has 1 unspecified atom stereocenters. The minimum atomic E-state index is 0.569. The van der Waals surface area contributed by atoms with Crippen LogP contribution in [-0.4, -0.2) is 39.2 Å². The zero-order chi connectivity index (χ0) is 19.8. The molecule has 1 saturated heterocycles. The molecule has 1 atom stereocenters. The van der Waals surface area contributed by atoms with E-state index in [9.17, 15) is 0 Å². The van der Waals surface area contributed by atoms with Gasteiger partial charge in [-0.15, -0.1) is 0 Å². The molecule has 0 radical (unpaired) electrons. The first-order valence-corrected chi connectivity index (χ1v) is 10.2. The summed E-state index contributed by atoms with van der Waals surface area (Å²) >= 11 is 6.06. The molecule has 0 aliphatic carbocycles. The minimum absolute atomic E-state index is 0.569. The standard InChI is InChI=1S/C22H29ClN4O/c1-3-24-22(25-14-17-7-6-8-19(23)13-17)26-15-18-11-12-27(16-18)20-9-4-5-10-21(20)28-2/h4-10,13,18H,3,11-12,14-16H2,1-2H3,(H2,24,25,26). The summed E-state index contributed by atoms with van der Waals surface area (Å²) in [5, 5.41) is 7.56. The Balaban J connectivity index is 1.55. The fourth-order valence-corrected chi connectivity index (χ4v) is 3.71. The van der Waals surface area contributed by atoms with Crippen molar-refractivity contribution in [2.24, 2.45) is 10.9 Å². The summed E-state index contributed by atoms with van der Waals surface area (Å²) in [4.78, 5) is 7.10. The van der Waals surface area contributed by atoms with E-state index >= 15 is 0 Å². The van der Waals surface area contributed by atoms with Crippen molar-refractivity contribution in [2.45, 2.75) is 19.9 Å². The SMILES string of the molecule is CCNC(=NCc1cccc(Cl)c1)NCC1CCN(c2ccccc2OC)C1. The van der Waals surface area contributed by atoms with E-state index in [-0.39, 0.29) is 0 Å². The van der Waals surface area contributed by atoms with E-state index in [0.717, 1.165) is 54.9 Å². The Hall–Kier alpha value is -2.40. The van der Waals surface area contributed by atoms with E-state index in [4.69, 9.17) is 21.3 Å². The molecule has 1 fully saturated rings. The summed E-state index contributed by atoms with van der Waals surface area (Å²) in [6.45, 7) is 6.47. The van der Waals surface area contributed by atoms with Gasteiger partial charge < -0.3 is 20.3 Å². The van der Waals surface area contributed by atoms with Crippen molar-refractivity contribution in [3.63, 3.8) is 0 Å². The number of hydrogen-bond donors (Lipinski definition) is 2. The second kappa shape index (κ2) is 10.2. The Morgan fingerprint density at radius 1 is 1.21 bits per heavy atom. The van der Waals surface area contributed by atoms with Gasteiger partial charge >= 0.3 is 0 Å². The van der Waals surface area contributed by atoms with Gasteiger partial charge in [0.05, 0.1) is 19.3 Å². The normalized spacial score (nSPS) is 16.9. The molecular formula is C22H29ClN4O. The Morgan fingerprint density at radius 2 is 2.07 bits per heavy atom. The maximum absolute atomic E-state index is 6.06. The van der Waals surface area contributed by atoms with Crippen molar-refractivity contribution in [1.29, 1.82) is 0 Å². The number of benzene rings is 2. The predicted octanol–water partition coefficient (Wildman–Crippen LogP) is 3.93. The first-order chi connectivity index (χ1) is 13.7. The fraction of sp³-hybridized carbons (Fsp3) is 0.409. The molecule has 2 aromatic carbocycles. The maximum Gasteiger partial charge on any atom is 0.191 e. The van der Waals surface area contributed by atoms with Crippen LogP contribution in [0.3, 0.4) is 0 Å². The van der Waals surface area contributed by atoms with Crippen molar-refractivity contribution >= 4 is 23.2 Å². The van der Waals surface area contributed by atoms with Crippen LogP contribution in [-0.2, 0) is 6.54 Å². The molecule has 0 bridgehead atoms. The Labute approximate surface area is 172 Å². The lowest BCUT2D eigenvalue weighted by atomic mass is 10.1. The highest BCUT2D eigenvalue weighted by Crippen LogP contribution is 2.31. The highest BCUT2D eigenvalue weighted by atomic mass is 35.5. The van der Waals surface area contributed by atoms with Crippen LogP contribution >= 0.6 is 11.6 Å². The number of guanidine groups is 1. The van der Waals surface area contributed by atoms with Crippen LogP contribution in [0.5, 0.6) is 5.75 Å². The minimum Gasteiger partial charge on any atom is -0.495 e. The third-order valence-electron chi connectivity index (χ3n) is 4.92. The summed E-state index contributed by atoms with van der Waals surface area (Å²) < 4.78 is 5.51. The van der Waals surface area contributed by atoms with Crippen LogP contribution in [0, 0.1) is 5.92 Å². The molecule has 5 nitrogen and oxygen atoms in total. The van der Waals surface area contributed by atoms with Crippen molar-refractivity contribution in [3.05, 3.63) is 59.1 Å². The lowest BCUT2D eigenvalue weighted by Gasteiger charge is -2.21. The van der Waals surface area contributed by atoms with Gasteiger partial charge in [-0.1, -0.05) is 35.9 Å². The smallest absolute Gasteiger partial charge is 0.191 e. The van der Waals surface area contributed by atoms with Gasteiger partial charge in [-0.05, 0) is 49.1 Å². The van der Waals surface area contributed by atoms with Gasteiger partial charge in [0, 0.05) is 31.2 Å². The molecule has 2 aromatic rings. The second-order valence-electron chi connectivity index (χ2n) is 6.98. The molecule has 0 spiro atoms. The van der Waals surface area contributed by atoms with Crippen LogP contribution in [0.4, 0.5) is 5.69 Å². The zero-order valence-electron chi connectivity index (χ0n) is 16.6. The van der Waals surface area contributed by atoms with Gasteiger partial charge in [-0.3, -0.25) is 0 Å². The Morgan fingerprint density at radius 3 is 2.86 bits per heavy atom. The average Bonchev–Trinajstić information content (AvgIpc) is 3.19. The van der Waals surface area contributed by atoms with E-state index < -0.39 is 0 Å². The number of anilines is 1. The topological polar surface area (TPSA) is 48.9 Å². The van der Waals surface area contributed by atoms with Gasteiger partial charge in [-0.25, -0.2) is 4.99 Å². The van der Waals surface area contributed by atoms with Crippen LogP contribution in [0.1, 0.15) is 18.9 Å². The van der Waals surface area contributed by atoms with Crippen molar-refractivity contribution in [3.8, 4) is 5.75 Å². The molecule has 1 heterocycles. The summed E-state index contributed by atoms with van der Waals surface area (Å²) in [7, 11) is 1.73. The molecule has 3 rings (SSSR count). The monoisotopic (exact) mass is 400 g/mol. The lowest BCUT2D eigenvalue weighted by Crippen LogP contribution is -2.40. The average molecular weight is 401 g/mol. The van der Waals surface area contributed by atoms with Crippen LogP contribution < -0.4 is 20.3 Å². The summed E-state index contributed by atoms with van der Waals surface area (Å²) in [5.41, 5.74) is 2.28. The first kappa shape index (κ1) is 20.3. The third-order valence-corrected chi connectivity index (χ3v) is 5.16. The quantitative estimate of drug-likeness (QED) is 0.546. The molecule has 0 amide bonds. The first-order valence-electron chi connectivity index (χ1n) is 9.84. The number of para-hydroxylation sites is 2. The molecular weight excluding hydrogens is 372 g/mol. The largest absolute Gasteiger partial charge is 0.495 e. The third kappa shape index (κ3) is 5.55. The summed E-state index contributed by atoms with van der Waals surface area (Å²) in [6, 6.07) is 16.1. The van der Waals surface area contributed by atoms with Crippen molar-refractivity contribution in [1.82, 2.24) is 10.6 Å². The van der Waals surface area contributed by atoms with Gasteiger partial charge in [0.1, 0.15) is 5.75 Å². The number of halogens is 1.